The van der Waals surface area contributed by atoms with Crippen LogP contribution in [0, 0.1) is 0 Å². The Bertz CT molecular complexity index is 1070. The molecule has 0 saturated heterocycles. The number of alkyl halides is 2. The van der Waals surface area contributed by atoms with Gasteiger partial charge in [-0.15, -0.1) is 0 Å². The van der Waals surface area contributed by atoms with Crippen LogP contribution >= 0.6 is 0 Å². The zero-order chi connectivity index (χ0) is 20.1. The molecule has 0 fully saturated rings. The van der Waals surface area contributed by atoms with E-state index in [1.165, 1.54) is 12.1 Å². The lowest BCUT2D eigenvalue weighted by Gasteiger charge is -2.12. The molecule has 3 aromatic carbocycles. The van der Waals surface area contributed by atoms with Crippen molar-refractivity contribution in [3.63, 3.8) is 0 Å². The molecule has 0 aliphatic carbocycles. The molecule has 0 aliphatic heterocycles. The monoisotopic (exact) mass is 403 g/mol. The van der Waals surface area contributed by atoms with Gasteiger partial charge in [0.25, 0.3) is 5.91 Å². The minimum Gasteiger partial charge on any atom is -0.455 e. The van der Waals surface area contributed by atoms with Crippen molar-refractivity contribution in [2.75, 3.05) is 5.32 Å². The molecule has 144 valence electrons. The third kappa shape index (κ3) is 4.34. The Balaban J connectivity index is 1.79. The highest BCUT2D eigenvalue weighted by molar-refractivity contribution is 7.91. The minimum atomic E-state index is -4.70. The molecular weight excluding hydrogens is 388 g/mol. The minimum absolute atomic E-state index is 0.114. The standard InChI is InChI=1S/C20H15F2NO4S/c21-20(22)28(25,26)16-12-10-14(11-13-16)19(24)23-17-8-4-5-9-18(17)27-15-6-2-1-3-7-15/h1-13,20H,(H,23,24). The van der Waals surface area contributed by atoms with Gasteiger partial charge < -0.3 is 10.1 Å². The first-order valence-electron chi connectivity index (χ1n) is 8.13. The van der Waals surface area contributed by atoms with Crippen molar-refractivity contribution >= 4 is 21.4 Å². The lowest BCUT2D eigenvalue weighted by atomic mass is 10.2. The van der Waals surface area contributed by atoms with Crippen LogP contribution in [-0.2, 0) is 9.84 Å². The molecule has 0 saturated carbocycles. The second-order valence-corrected chi connectivity index (χ2v) is 7.61. The van der Waals surface area contributed by atoms with Gasteiger partial charge in [-0.2, -0.15) is 8.78 Å². The maximum atomic E-state index is 12.6. The van der Waals surface area contributed by atoms with Gasteiger partial charge >= 0.3 is 5.76 Å². The van der Waals surface area contributed by atoms with Crippen molar-refractivity contribution in [2.45, 2.75) is 10.7 Å². The Morgan fingerprint density at radius 3 is 2.11 bits per heavy atom. The average Bonchev–Trinajstić information content (AvgIpc) is 2.70. The number of carbonyl (C=O) groups is 1. The van der Waals surface area contributed by atoms with Crippen LogP contribution in [0.15, 0.2) is 83.8 Å². The summed E-state index contributed by atoms with van der Waals surface area (Å²) in [5.74, 6) is -3.05. The number of amides is 1. The summed E-state index contributed by atoms with van der Waals surface area (Å²) in [4.78, 5) is 11.9. The van der Waals surface area contributed by atoms with Crippen LogP contribution in [0.5, 0.6) is 11.5 Å². The number of nitrogens with one attached hydrogen (secondary N) is 1. The van der Waals surface area contributed by atoms with Crippen LogP contribution < -0.4 is 10.1 Å². The van der Waals surface area contributed by atoms with Crippen LogP contribution in [0.2, 0.25) is 0 Å². The highest BCUT2D eigenvalue weighted by atomic mass is 32.2. The molecule has 0 unspecified atom stereocenters. The molecule has 1 N–H and O–H groups in total. The van der Waals surface area contributed by atoms with Crippen LogP contribution in [-0.4, -0.2) is 20.1 Å². The largest absolute Gasteiger partial charge is 0.455 e. The Morgan fingerprint density at radius 2 is 1.46 bits per heavy atom. The van der Waals surface area contributed by atoms with Crippen molar-refractivity contribution in [1.82, 2.24) is 0 Å². The highest BCUT2D eigenvalue weighted by Gasteiger charge is 2.26. The first-order chi connectivity index (χ1) is 13.4. The van der Waals surface area contributed by atoms with Gasteiger partial charge in [0.2, 0.25) is 9.84 Å². The number of carbonyl (C=O) groups excluding carboxylic acids is 1. The predicted octanol–water partition coefficient (Wildman–Crippen LogP) is 4.73. The Labute approximate surface area is 160 Å². The molecule has 28 heavy (non-hydrogen) atoms. The molecule has 0 heterocycles. The molecule has 5 nitrogen and oxygen atoms in total. The third-order valence-electron chi connectivity index (χ3n) is 3.79. The number of ether oxygens (including phenoxy) is 1. The fraction of sp³-hybridized carbons (Fsp3) is 0.0500. The fourth-order valence-electron chi connectivity index (χ4n) is 2.37. The molecule has 0 bridgehead atoms. The predicted molar refractivity (Wildman–Crippen MR) is 101 cm³/mol. The van der Waals surface area contributed by atoms with Gasteiger partial charge in [-0.25, -0.2) is 8.42 Å². The Morgan fingerprint density at radius 1 is 0.857 bits per heavy atom. The lowest BCUT2D eigenvalue weighted by molar-refractivity contribution is 0.102. The maximum absolute atomic E-state index is 12.6. The molecule has 0 spiro atoms. The van der Waals surface area contributed by atoms with Crippen LogP contribution in [0.4, 0.5) is 14.5 Å². The summed E-state index contributed by atoms with van der Waals surface area (Å²) in [5.41, 5.74) is 0.517. The molecule has 3 aromatic rings. The van der Waals surface area contributed by atoms with Crippen molar-refractivity contribution in [1.29, 1.82) is 0 Å². The third-order valence-corrected chi connectivity index (χ3v) is 5.18. The molecule has 1 amide bonds. The van der Waals surface area contributed by atoms with E-state index in [4.69, 9.17) is 4.74 Å². The van der Waals surface area contributed by atoms with Gasteiger partial charge in [-0.1, -0.05) is 30.3 Å². The van der Waals surface area contributed by atoms with Crippen molar-refractivity contribution in [3.8, 4) is 11.5 Å². The Kier molecular flexibility index (Phi) is 5.70. The summed E-state index contributed by atoms with van der Waals surface area (Å²) in [7, 11) is -4.70. The zero-order valence-corrected chi connectivity index (χ0v) is 15.2. The first kappa shape index (κ1) is 19.5. The SMILES string of the molecule is O=C(Nc1ccccc1Oc1ccccc1)c1ccc(S(=O)(=O)C(F)F)cc1. The van der Waals surface area contributed by atoms with E-state index in [2.05, 4.69) is 5.32 Å². The van der Waals surface area contributed by atoms with Gasteiger partial charge in [0.15, 0.2) is 5.75 Å². The van der Waals surface area contributed by atoms with E-state index in [0.717, 1.165) is 12.1 Å². The molecule has 3 rings (SSSR count). The van der Waals surface area contributed by atoms with Gasteiger partial charge in [0.05, 0.1) is 10.6 Å². The van der Waals surface area contributed by atoms with E-state index in [0.29, 0.717) is 17.2 Å². The van der Waals surface area contributed by atoms with Crippen molar-refractivity contribution in [3.05, 3.63) is 84.4 Å². The number of rotatable bonds is 6. The van der Waals surface area contributed by atoms with Gasteiger partial charge in [0, 0.05) is 5.56 Å². The number of benzene rings is 3. The summed E-state index contributed by atoms with van der Waals surface area (Å²) >= 11 is 0. The lowest BCUT2D eigenvalue weighted by Crippen LogP contribution is -2.14. The van der Waals surface area contributed by atoms with Crippen LogP contribution in [0.1, 0.15) is 10.4 Å². The first-order valence-corrected chi connectivity index (χ1v) is 9.68. The quantitative estimate of drug-likeness (QED) is 0.646. The topological polar surface area (TPSA) is 72.5 Å². The maximum Gasteiger partial charge on any atom is 0.341 e. The molecule has 0 atom stereocenters. The van der Waals surface area contributed by atoms with Crippen molar-refractivity contribution in [2.24, 2.45) is 0 Å². The van der Waals surface area contributed by atoms with E-state index in [1.807, 2.05) is 18.2 Å². The Hall–Kier alpha value is -3.26. The van der Waals surface area contributed by atoms with E-state index in [-0.39, 0.29) is 5.56 Å². The number of halogens is 2. The van der Waals surface area contributed by atoms with Crippen molar-refractivity contribution < 1.29 is 26.7 Å². The number of para-hydroxylation sites is 3. The van der Waals surface area contributed by atoms with Crippen LogP contribution in [0.3, 0.4) is 0 Å². The van der Waals surface area contributed by atoms with E-state index in [1.54, 1.807) is 36.4 Å². The molecule has 0 radical (unpaired) electrons. The van der Waals surface area contributed by atoms with Gasteiger partial charge in [-0.05, 0) is 48.5 Å². The van der Waals surface area contributed by atoms with E-state index < -0.39 is 26.4 Å². The summed E-state index contributed by atoms with van der Waals surface area (Å²) in [6, 6.07) is 20.1. The zero-order valence-electron chi connectivity index (χ0n) is 14.4. The van der Waals surface area contributed by atoms with Gasteiger partial charge in [0.1, 0.15) is 5.75 Å². The highest BCUT2D eigenvalue weighted by Crippen LogP contribution is 2.29. The second-order valence-electron chi connectivity index (χ2n) is 5.70. The molecular formula is C20H15F2NO4S. The molecule has 8 heteroatoms. The fourth-order valence-corrected chi connectivity index (χ4v) is 3.09. The second kappa shape index (κ2) is 8.18. The van der Waals surface area contributed by atoms with Crippen LogP contribution in [0.25, 0.3) is 0 Å². The smallest absolute Gasteiger partial charge is 0.341 e. The average molecular weight is 403 g/mol. The number of hydrogen-bond donors (Lipinski definition) is 1. The van der Waals surface area contributed by atoms with E-state index >= 15 is 0 Å². The summed E-state index contributed by atoms with van der Waals surface area (Å²) < 4.78 is 53.8. The normalized spacial score (nSPS) is 11.2. The number of sulfone groups is 1. The summed E-state index contributed by atoms with van der Waals surface area (Å²) in [6.45, 7) is 0. The molecule has 0 aliphatic rings. The summed E-state index contributed by atoms with van der Waals surface area (Å²) in [6.07, 6.45) is 0. The number of hydrogen-bond acceptors (Lipinski definition) is 4. The number of anilines is 1. The molecule has 0 aromatic heterocycles. The van der Waals surface area contributed by atoms with Gasteiger partial charge in [-0.3, -0.25) is 4.79 Å². The summed E-state index contributed by atoms with van der Waals surface area (Å²) in [5, 5.41) is 2.67. The van der Waals surface area contributed by atoms with E-state index in [9.17, 15) is 22.0 Å².